The number of carbonyl (C=O) groups is 1. The first-order valence-electron chi connectivity index (χ1n) is 6.38. The van der Waals surface area contributed by atoms with Gasteiger partial charge in [0.15, 0.2) is 16.1 Å². The van der Waals surface area contributed by atoms with Crippen molar-refractivity contribution in [2.24, 2.45) is 0 Å². The Balaban J connectivity index is 1.56. The van der Waals surface area contributed by atoms with Crippen LogP contribution in [0.3, 0.4) is 0 Å². The Kier molecular flexibility index (Phi) is 5.13. The molecule has 2 aromatic heterocycles. The van der Waals surface area contributed by atoms with Gasteiger partial charge in [-0.25, -0.2) is 0 Å². The number of halogens is 2. The molecule has 118 valence electrons. The zero-order chi connectivity index (χ0) is 16.2. The minimum Gasteiger partial charge on any atom is -0.484 e. The number of benzene rings is 1. The van der Waals surface area contributed by atoms with Crippen LogP contribution < -0.4 is 10.1 Å². The van der Waals surface area contributed by atoms with Crippen LogP contribution in [0.2, 0.25) is 5.02 Å². The number of nitrogens with one attached hydrogen (secondary N) is 1. The lowest BCUT2D eigenvalue weighted by atomic mass is 10.3. The Labute approximate surface area is 154 Å². The van der Waals surface area contributed by atoms with Gasteiger partial charge in [-0.05, 0) is 59.0 Å². The molecular formula is C14H9ClIN3O3S. The molecule has 0 fully saturated rings. The standard InChI is InChI=1S/C14H9ClIN3O3S/c15-8-1-3-9(4-2-8)21-7-12(20)17-14-18-13(19-23-14)10-5-6-11(16)22-10/h1-6H,7H2,(H,17,18,19,20). The second-order valence-electron chi connectivity index (χ2n) is 4.32. The SMILES string of the molecule is O=C(COc1ccc(Cl)cc1)Nc1nc(-c2ccc(I)o2)ns1. The third-order valence-corrected chi connectivity index (χ3v) is 4.11. The monoisotopic (exact) mass is 461 g/mol. The number of nitrogens with zero attached hydrogens (tertiary/aromatic N) is 2. The van der Waals surface area contributed by atoms with Crippen molar-refractivity contribution in [2.45, 2.75) is 0 Å². The van der Waals surface area contributed by atoms with Crippen LogP contribution in [0.15, 0.2) is 40.8 Å². The Bertz CT molecular complexity index is 819. The number of aromatic nitrogens is 2. The number of rotatable bonds is 5. The number of carbonyl (C=O) groups excluding carboxylic acids is 1. The Hall–Kier alpha value is -1.65. The van der Waals surface area contributed by atoms with Gasteiger partial charge >= 0.3 is 0 Å². The lowest BCUT2D eigenvalue weighted by Gasteiger charge is -2.05. The summed E-state index contributed by atoms with van der Waals surface area (Å²) in [6, 6.07) is 10.4. The average molecular weight is 462 g/mol. The van der Waals surface area contributed by atoms with Gasteiger partial charge in [0, 0.05) is 16.6 Å². The molecular weight excluding hydrogens is 453 g/mol. The molecule has 0 aliphatic rings. The van der Waals surface area contributed by atoms with Crippen LogP contribution in [0.5, 0.6) is 5.75 Å². The Morgan fingerprint density at radius 2 is 2.09 bits per heavy atom. The molecule has 3 aromatic rings. The lowest BCUT2D eigenvalue weighted by molar-refractivity contribution is -0.118. The highest BCUT2D eigenvalue weighted by molar-refractivity contribution is 14.1. The first kappa shape index (κ1) is 16.2. The quantitative estimate of drug-likeness (QED) is 0.580. The minimum atomic E-state index is -0.323. The van der Waals surface area contributed by atoms with E-state index in [9.17, 15) is 4.79 Å². The molecule has 0 radical (unpaired) electrons. The minimum absolute atomic E-state index is 0.130. The molecule has 0 aliphatic heterocycles. The fourth-order valence-electron chi connectivity index (χ4n) is 1.64. The van der Waals surface area contributed by atoms with E-state index >= 15 is 0 Å². The molecule has 1 N–H and O–H groups in total. The second kappa shape index (κ2) is 7.28. The molecule has 2 heterocycles. The topological polar surface area (TPSA) is 77.2 Å². The summed E-state index contributed by atoms with van der Waals surface area (Å²) in [6.45, 7) is -0.130. The van der Waals surface area contributed by atoms with E-state index in [1.807, 2.05) is 6.07 Å². The fourth-order valence-corrected chi connectivity index (χ4v) is 2.78. The van der Waals surface area contributed by atoms with Crippen molar-refractivity contribution in [3.8, 4) is 17.3 Å². The third kappa shape index (κ3) is 4.43. The predicted molar refractivity (Wildman–Crippen MR) is 95.9 cm³/mol. The van der Waals surface area contributed by atoms with Crippen LogP contribution in [-0.4, -0.2) is 21.9 Å². The van der Waals surface area contributed by atoms with Crippen molar-refractivity contribution in [3.63, 3.8) is 0 Å². The summed E-state index contributed by atoms with van der Waals surface area (Å²) in [7, 11) is 0. The summed E-state index contributed by atoms with van der Waals surface area (Å²) in [4.78, 5) is 16.1. The van der Waals surface area contributed by atoms with Gasteiger partial charge in [-0.3, -0.25) is 10.1 Å². The van der Waals surface area contributed by atoms with Gasteiger partial charge in [0.2, 0.25) is 11.0 Å². The summed E-state index contributed by atoms with van der Waals surface area (Å²) in [5.41, 5.74) is 0. The van der Waals surface area contributed by atoms with E-state index in [1.165, 1.54) is 0 Å². The van der Waals surface area contributed by atoms with Crippen molar-refractivity contribution in [2.75, 3.05) is 11.9 Å². The summed E-state index contributed by atoms with van der Waals surface area (Å²) >= 11 is 8.92. The summed E-state index contributed by atoms with van der Waals surface area (Å²) in [5, 5.41) is 3.62. The first-order chi connectivity index (χ1) is 11.1. The van der Waals surface area contributed by atoms with Crippen molar-refractivity contribution in [1.29, 1.82) is 0 Å². The summed E-state index contributed by atoms with van der Waals surface area (Å²) < 4.78 is 15.7. The van der Waals surface area contributed by atoms with Gasteiger partial charge in [0.1, 0.15) is 5.75 Å². The molecule has 0 aliphatic carbocycles. The molecule has 1 aromatic carbocycles. The smallest absolute Gasteiger partial charge is 0.264 e. The molecule has 3 rings (SSSR count). The highest BCUT2D eigenvalue weighted by atomic mass is 127. The van der Waals surface area contributed by atoms with Crippen LogP contribution in [0, 0.1) is 3.77 Å². The third-order valence-electron chi connectivity index (χ3n) is 2.65. The van der Waals surface area contributed by atoms with Crippen molar-refractivity contribution >= 4 is 56.8 Å². The van der Waals surface area contributed by atoms with Crippen molar-refractivity contribution < 1.29 is 13.9 Å². The van der Waals surface area contributed by atoms with E-state index in [4.69, 9.17) is 20.8 Å². The number of anilines is 1. The Morgan fingerprint density at radius 3 is 2.78 bits per heavy atom. The summed E-state index contributed by atoms with van der Waals surface area (Å²) in [5.74, 6) is 1.24. The van der Waals surface area contributed by atoms with E-state index in [2.05, 4.69) is 37.3 Å². The molecule has 0 saturated heterocycles. The highest BCUT2D eigenvalue weighted by Gasteiger charge is 2.12. The van der Waals surface area contributed by atoms with E-state index in [0.717, 1.165) is 15.3 Å². The summed E-state index contributed by atoms with van der Waals surface area (Å²) in [6.07, 6.45) is 0. The van der Waals surface area contributed by atoms with Crippen LogP contribution in [-0.2, 0) is 4.79 Å². The maximum absolute atomic E-state index is 11.9. The van der Waals surface area contributed by atoms with Crippen LogP contribution in [0.25, 0.3) is 11.6 Å². The van der Waals surface area contributed by atoms with Crippen LogP contribution in [0.4, 0.5) is 5.13 Å². The number of ether oxygens (including phenoxy) is 1. The average Bonchev–Trinajstić information content (AvgIpc) is 3.16. The van der Waals surface area contributed by atoms with Crippen molar-refractivity contribution in [1.82, 2.24) is 9.36 Å². The van der Waals surface area contributed by atoms with Gasteiger partial charge in [-0.2, -0.15) is 9.36 Å². The van der Waals surface area contributed by atoms with E-state index in [-0.39, 0.29) is 12.5 Å². The fraction of sp³-hybridized carbons (Fsp3) is 0.0714. The van der Waals surface area contributed by atoms with Gasteiger partial charge < -0.3 is 9.15 Å². The van der Waals surface area contributed by atoms with E-state index in [1.54, 1.807) is 30.3 Å². The van der Waals surface area contributed by atoms with Gasteiger partial charge in [-0.1, -0.05) is 11.6 Å². The molecule has 9 heteroatoms. The molecule has 23 heavy (non-hydrogen) atoms. The predicted octanol–water partition coefficient (Wildman–Crippen LogP) is 4.07. The van der Waals surface area contributed by atoms with E-state index in [0.29, 0.717) is 27.5 Å². The maximum atomic E-state index is 11.9. The molecule has 6 nitrogen and oxygen atoms in total. The maximum Gasteiger partial charge on any atom is 0.264 e. The zero-order valence-electron chi connectivity index (χ0n) is 11.5. The second-order valence-corrected chi connectivity index (χ2v) is 6.57. The first-order valence-corrected chi connectivity index (χ1v) is 8.61. The lowest BCUT2D eigenvalue weighted by Crippen LogP contribution is -2.20. The normalized spacial score (nSPS) is 10.5. The zero-order valence-corrected chi connectivity index (χ0v) is 15.2. The van der Waals surface area contributed by atoms with Crippen molar-refractivity contribution in [3.05, 3.63) is 45.2 Å². The highest BCUT2D eigenvalue weighted by Crippen LogP contribution is 2.23. The van der Waals surface area contributed by atoms with E-state index < -0.39 is 0 Å². The van der Waals surface area contributed by atoms with Gasteiger partial charge in [-0.15, -0.1) is 0 Å². The Morgan fingerprint density at radius 1 is 1.30 bits per heavy atom. The molecule has 0 bridgehead atoms. The molecule has 0 saturated carbocycles. The molecule has 0 unspecified atom stereocenters. The molecule has 0 spiro atoms. The number of hydrogen-bond donors (Lipinski definition) is 1. The number of hydrogen-bond acceptors (Lipinski definition) is 6. The molecule has 0 atom stereocenters. The number of furan rings is 1. The van der Waals surface area contributed by atoms with Crippen LogP contribution >= 0.6 is 45.7 Å². The number of amides is 1. The molecule has 1 amide bonds. The largest absolute Gasteiger partial charge is 0.484 e. The van der Waals surface area contributed by atoms with Gasteiger partial charge in [0.25, 0.3) is 5.91 Å². The van der Waals surface area contributed by atoms with Gasteiger partial charge in [0.05, 0.1) is 0 Å². The van der Waals surface area contributed by atoms with Crippen LogP contribution in [0.1, 0.15) is 0 Å².